The number of ether oxygens (including phenoxy) is 4. The first-order valence-electron chi connectivity index (χ1n) is 24.8. The molecule has 0 atom stereocenters. The Balaban J connectivity index is 0.811. The third-order valence-corrected chi connectivity index (χ3v) is 13.5. The molecule has 0 aromatic heterocycles. The van der Waals surface area contributed by atoms with Gasteiger partial charge < -0.3 is 18.9 Å². The van der Waals surface area contributed by atoms with Gasteiger partial charge in [-0.1, -0.05) is 112 Å². The number of carbonyl (C=O) groups is 4. The van der Waals surface area contributed by atoms with Gasteiger partial charge in [0.15, 0.2) is 0 Å². The minimum Gasteiger partial charge on any atom is -0.493 e. The largest absolute Gasteiger partial charge is 0.493 e. The summed E-state index contributed by atoms with van der Waals surface area (Å²) in [6.45, 7) is 6.70. The normalized spacial score (nSPS) is 13.3. The summed E-state index contributed by atoms with van der Waals surface area (Å²) in [5, 5.41) is 7.16. The van der Waals surface area contributed by atoms with Gasteiger partial charge in [-0.05, 0) is 109 Å². The molecule has 8 aromatic carbocycles. The second-order valence-electron chi connectivity index (χ2n) is 18.0. The maximum Gasteiger partial charge on any atom is 0.261 e. The summed E-state index contributed by atoms with van der Waals surface area (Å²) in [7, 11) is 0. The van der Waals surface area contributed by atoms with Gasteiger partial charge >= 0.3 is 0 Å². The van der Waals surface area contributed by atoms with Crippen LogP contribution in [0.3, 0.4) is 0 Å². The molecule has 2 heterocycles. The summed E-state index contributed by atoms with van der Waals surface area (Å²) in [4.78, 5) is 56.3. The molecule has 8 aromatic rings. The van der Waals surface area contributed by atoms with Gasteiger partial charge in [0, 0.05) is 68.0 Å². The number of nitrogens with zero attached hydrogens (tertiary/aromatic N) is 2. The molecular weight excluding hydrogens is 877 g/mol. The predicted molar refractivity (Wildman–Crippen MR) is 276 cm³/mol. The molecule has 10 nitrogen and oxygen atoms in total. The zero-order valence-corrected chi connectivity index (χ0v) is 39.8. The average molecular weight is 933 g/mol. The highest BCUT2D eigenvalue weighted by Crippen LogP contribution is 2.46. The lowest BCUT2D eigenvalue weighted by atomic mass is 9.92. The van der Waals surface area contributed by atoms with Crippen LogP contribution in [0.15, 0.2) is 133 Å². The lowest BCUT2D eigenvalue weighted by Crippen LogP contribution is -2.40. The van der Waals surface area contributed by atoms with Crippen molar-refractivity contribution < 1.29 is 38.1 Å². The lowest BCUT2D eigenvalue weighted by molar-refractivity contribution is 0.0593. The number of fused-ring (bicyclic) bond motifs is 2. The van der Waals surface area contributed by atoms with E-state index in [2.05, 4.69) is 60.7 Å². The van der Waals surface area contributed by atoms with E-state index in [1.54, 1.807) is 24.3 Å². The highest BCUT2D eigenvalue weighted by atomic mass is 16.5. The van der Waals surface area contributed by atoms with Crippen molar-refractivity contribution in [3.05, 3.63) is 156 Å². The first-order valence-corrected chi connectivity index (χ1v) is 24.8. The van der Waals surface area contributed by atoms with Crippen molar-refractivity contribution in [2.75, 3.05) is 39.5 Å². The average Bonchev–Trinajstić information content (AvgIpc) is 3.39. The maximum atomic E-state index is 13.4. The van der Waals surface area contributed by atoms with Gasteiger partial charge in [0.05, 0.1) is 26.4 Å². The molecule has 4 amide bonds. The van der Waals surface area contributed by atoms with Gasteiger partial charge in [0.1, 0.15) is 23.0 Å². The molecule has 0 radical (unpaired) electrons. The van der Waals surface area contributed by atoms with Crippen LogP contribution in [0.4, 0.5) is 0 Å². The molecule has 0 N–H and O–H groups in total. The molecule has 0 unspecified atom stereocenters. The van der Waals surface area contributed by atoms with Gasteiger partial charge in [-0.15, -0.1) is 0 Å². The van der Waals surface area contributed by atoms with Gasteiger partial charge in [0.25, 0.3) is 23.6 Å². The maximum absolute atomic E-state index is 13.4. The molecule has 70 heavy (non-hydrogen) atoms. The summed E-state index contributed by atoms with van der Waals surface area (Å²) in [5.41, 5.74) is 4.09. The fourth-order valence-electron chi connectivity index (χ4n) is 9.93. The van der Waals surface area contributed by atoms with Crippen LogP contribution >= 0.6 is 0 Å². The van der Waals surface area contributed by atoms with Crippen molar-refractivity contribution in [2.45, 2.75) is 65.2 Å². The van der Waals surface area contributed by atoms with Crippen LogP contribution in [0.2, 0.25) is 0 Å². The fourth-order valence-corrected chi connectivity index (χ4v) is 9.93. The number of imide groups is 2. The fraction of sp³-hybridized carbons (Fsp3) is 0.267. The molecule has 10 rings (SSSR count). The van der Waals surface area contributed by atoms with Crippen LogP contribution in [-0.4, -0.2) is 72.9 Å². The van der Waals surface area contributed by atoms with E-state index in [9.17, 15) is 19.2 Å². The lowest BCUT2D eigenvalue weighted by Gasteiger charge is -2.27. The number of benzene rings is 8. The molecule has 10 heteroatoms. The van der Waals surface area contributed by atoms with Gasteiger partial charge in [-0.2, -0.15) is 0 Å². The Morgan fingerprint density at radius 1 is 0.343 bits per heavy atom. The molecule has 0 saturated carbocycles. The van der Waals surface area contributed by atoms with E-state index in [0.717, 1.165) is 106 Å². The van der Waals surface area contributed by atoms with Crippen LogP contribution < -0.4 is 18.9 Å². The summed E-state index contributed by atoms with van der Waals surface area (Å²) < 4.78 is 26.0. The van der Waals surface area contributed by atoms with Crippen LogP contribution in [0, 0.1) is 0 Å². The minimum absolute atomic E-state index is 0.250. The molecule has 2 aliphatic rings. The second-order valence-corrected chi connectivity index (χ2v) is 18.0. The topological polar surface area (TPSA) is 112 Å². The van der Waals surface area contributed by atoms with Gasteiger partial charge in [-0.25, -0.2) is 0 Å². The van der Waals surface area contributed by atoms with E-state index in [1.165, 1.54) is 9.80 Å². The third kappa shape index (κ3) is 8.67. The van der Waals surface area contributed by atoms with E-state index in [0.29, 0.717) is 84.0 Å². The first-order chi connectivity index (χ1) is 34.4. The molecule has 0 aliphatic carbocycles. The van der Waals surface area contributed by atoms with Crippen LogP contribution in [0.25, 0.3) is 54.2 Å². The smallest absolute Gasteiger partial charge is 0.261 e. The van der Waals surface area contributed by atoms with Gasteiger partial charge in [0.2, 0.25) is 0 Å². The zero-order chi connectivity index (χ0) is 48.1. The van der Waals surface area contributed by atoms with E-state index in [4.69, 9.17) is 18.9 Å². The highest BCUT2D eigenvalue weighted by molar-refractivity contribution is 6.27. The number of carbonyl (C=O) groups excluding carboxylic acids is 4. The number of unbranched alkanes of at least 4 members (excludes halogenated alkanes) is 4. The summed E-state index contributed by atoms with van der Waals surface area (Å²) >= 11 is 0. The Hall–Kier alpha value is -7.72. The van der Waals surface area contributed by atoms with Crippen LogP contribution in [0.1, 0.15) is 107 Å². The Morgan fingerprint density at radius 3 is 1.09 bits per heavy atom. The van der Waals surface area contributed by atoms with E-state index in [1.807, 2.05) is 62.4 Å². The summed E-state index contributed by atoms with van der Waals surface area (Å²) in [6.07, 6.45) is 6.22. The van der Waals surface area contributed by atoms with Crippen molar-refractivity contribution >= 4 is 66.7 Å². The highest BCUT2D eigenvalue weighted by Gasteiger charge is 2.34. The monoisotopic (exact) mass is 932 g/mol. The molecule has 354 valence electrons. The second kappa shape index (κ2) is 20.5. The number of rotatable bonds is 21. The SMILES string of the molecule is CCCCN1C(=O)c2cccc3c(OCCCCOc4ccc5ccccc5c4-c4c(OCCCCOc5ccc6c7c(cccc57)C(=O)N(CCCC)C6=O)ccc5ccccc45)ccc(c23)C1=O. The number of amides is 4. The van der Waals surface area contributed by atoms with Crippen molar-refractivity contribution in [2.24, 2.45) is 0 Å². The standard InChI is InChI=1S/C60H56N2O8/c1-3-5-33-61-57(63)45-23-15-21-43-49(31-27-47(53(43)45)59(61)65)67-35-11-13-37-69-51-29-25-39-17-7-9-19-41(39)55(51)56-42-20-10-8-18-40(42)26-30-52(56)70-38-14-12-36-68-50-32-28-48-54-44(50)22-16-24-46(54)58(64)62(60(48)66)34-6-4-2/h7-10,15-32H,3-6,11-14,33-38H2,1-2H3. The molecule has 0 saturated heterocycles. The summed E-state index contributed by atoms with van der Waals surface area (Å²) in [5.74, 6) is 1.82. The molecular formula is C60H56N2O8. The molecule has 0 bridgehead atoms. The Bertz CT molecular complexity index is 3060. The Labute approximate surface area is 407 Å². The zero-order valence-electron chi connectivity index (χ0n) is 39.8. The summed E-state index contributed by atoms with van der Waals surface area (Å²) in [6, 6.07) is 43.4. The van der Waals surface area contributed by atoms with Crippen molar-refractivity contribution in [3.8, 4) is 34.1 Å². The van der Waals surface area contributed by atoms with E-state index in [-0.39, 0.29) is 23.6 Å². The van der Waals surface area contributed by atoms with Crippen molar-refractivity contribution in [1.29, 1.82) is 0 Å². The number of hydrogen-bond donors (Lipinski definition) is 0. The first kappa shape index (κ1) is 46.0. The van der Waals surface area contributed by atoms with E-state index < -0.39 is 0 Å². The van der Waals surface area contributed by atoms with E-state index >= 15 is 0 Å². The third-order valence-electron chi connectivity index (χ3n) is 13.5. The van der Waals surface area contributed by atoms with Gasteiger partial charge in [-0.3, -0.25) is 29.0 Å². The molecule has 0 spiro atoms. The van der Waals surface area contributed by atoms with Crippen molar-refractivity contribution in [3.63, 3.8) is 0 Å². The quantitative estimate of drug-likeness (QED) is 0.0517. The van der Waals surface area contributed by atoms with Crippen LogP contribution in [0.5, 0.6) is 23.0 Å². The molecule has 2 aliphatic heterocycles. The van der Waals surface area contributed by atoms with Crippen molar-refractivity contribution in [1.82, 2.24) is 9.80 Å². The molecule has 0 fully saturated rings. The van der Waals surface area contributed by atoms with Crippen LogP contribution in [-0.2, 0) is 0 Å². The minimum atomic E-state index is -0.250. The number of hydrogen-bond acceptors (Lipinski definition) is 8. The Kier molecular flexibility index (Phi) is 13.5. The Morgan fingerprint density at radius 2 is 0.686 bits per heavy atom. The predicted octanol–water partition coefficient (Wildman–Crippen LogP) is 13.2.